The Morgan fingerprint density at radius 3 is 0.520 bits per heavy atom. The van der Waals surface area contributed by atoms with Gasteiger partial charge in [0.1, 0.15) is 0 Å². The molecule has 0 aliphatic carbocycles. The van der Waals surface area contributed by atoms with Gasteiger partial charge in [0, 0.05) is 0 Å². The molecule has 13 heteroatoms. The first-order valence-electron chi connectivity index (χ1n) is 4.88. The molecule has 0 unspecified atom stereocenters. The van der Waals surface area contributed by atoms with Crippen LogP contribution in [0, 0.1) is 0 Å². The van der Waals surface area contributed by atoms with Gasteiger partial charge >= 0.3 is 23.9 Å². The van der Waals surface area contributed by atoms with Gasteiger partial charge in [0.05, 0.1) is 0 Å². The molecule has 25 heavy (non-hydrogen) atoms. The van der Waals surface area contributed by atoms with E-state index < -0.39 is 47.2 Å². The molecule has 8 nitrogen and oxygen atoms in total. The average molecular weight is 392 g/mol. The van der Waals surface area contributed by atoms with Crippen molar-refractivity contribution in [1.82, 2.24) is 0 Å². The third-order valence-electron chi connectivity index (χ3n) is 0.928. The summed E-state index contributed by atoms with van der Waals surface area (Å²) in [6, 6.07) is 0. The molecule has 0 saturated heterocycles. The van der Waals surface area contributed by atoms with E-state index in [4.69, 9.17) is 20.4 Å². The summed E-state index contributed by atoms with van der Waals surface area (Å²) in [5.74, 6) is -11.7. The fourth-order valence-corrected chi connectivity index (χ4v) is 0. The molecule has 0 rings (SSSR count). The van der Waals surface area contributed by atoms with E-state index in [-0.39, 0.29) is 11.0 Å². The fourth-order valence-electron chi connectivity index (χ4n) is 0. The van der Waals surface area contributed by atoms with Crippen LogP contribution in [-0.4, -0.2) is 55.3 Å². The van der Waals surface area contributed by atoms with Crippen molar-refractivity contribution in [1.29, 1.82) is 0 Å². The highest BCUT2D eigenvalue weighted by molar-refractivity contribution is 5.83. The van der Waals surface area contributed by atoms with Crippen LogP contribution >= 0.6 is 0 Å². The number of carboxylic acid groups (broad SMARTS) is 4. The maximum atomic E-state index is 11.0. The minimum atomic E-state index is -1.60. The van der Waals surface area contributed by atoms with Crippen LogP contribution in [0.1, 0.15) is 0 Å². The van der Waals surface area contributed by atoms with E-state index in [1.54, 1.807) is 0 Å². The highest BCUT2D eigenvalue weighted by atomic mass is 28.1. The van der Waals surface area contributed by atoms with Gasteiger partial charge in [-0.15, -0.1) is 0 Å². The van der Waals surface area contributed by atoms with Crippen molar-refractivity contribution >= 4 is 34.8 Å². The maximum absolute atomic E-state index is 11.0. The molecule has 0 aliphatic heterocycles. The fraction of sp³-hybridized carbons (Fsp3) is 0. The molecule has 0 bridgehead atoms. The number of carbonyl (C=O) groups is 4. The van der Waals surface area contributed by atoms with Gasteiger partial charge in [-0.1, -0.05) is 26.3 Å². The third-order valence-corrected chi connectivity index (χ3v) is 0.928. The van der Waals surface area contributed by atoms with Gasteiger partial charge in [-0.3, -0.25) is 0 Å². The van der Waals surface area contributed by atoms with Crippen molar-refractivity contribution in [3.63, 3.8) is 0 Å². The van der Waals surface area contributed by atoms with Gasteiger partial charge in [-0.05, 0) is 11.0 Å². The van der Waals surface area contributed by atoms with E-state index in [1.165, 1.54) is 0 Å². The van der Waals surface area contributed by atoms with Gasteiger partial charge in [-0.25, -0.2) is 19.2 Å². The highest BCUT2D eigenvalue weighted by Crippen LogP contribution is 1.87. The van der Waals surface area contributed by atoms with Crippen LogP contribution in [0.3, 0.4) is 0 Å². The molecule has 0 radical (unpaired) electrons. The molecule has 0 aromatic carbocycles. The van der Waals surface area contributed by atoms with Crippen LogP contribution in [0.25, 0.3) is 0 Å². The molecular formula is C12H16F4O8Si. The summed E-state index contributed by atoms with van der Waals surface area (Å²) in [5, 5.41) is 30.1. The van der Waals surface area contributed by atoms with E-state index >= 15 is 0 Å². The second-order valence-corrected chi connectivity index (χ2v) is 2.84. The summed E-state index contributed by atoms with van der Waals surface area (Å²) in [6.45, 7) is 9.95. The molecule has 0 saturated carbocycles. The normalized spacial score (nSPS) is 7.20. The topological polar surface area (TPSA) is 149 Å². The lowest BCUT2D eigenvalue weighted by atomic mass is 10.6. The molecule has 0 aromatic rings. The highest BCUT2D eigenvalue weighted by Gasteiger charge is 1.97. The lowest BCUT2D eigenvalue weighted by Gasteiger charge is -1.75. The van der Waals surface area contributed by atoms with E-state index in [1.807, 2.05) is 0 Å². The van der Waals surface area contributed by atoms with Crippen LogP contribution in [0.2, 0.25) is 0 Å². The molecule has 0 amide bonds. The minimum absolute atomic E-state index is 0. The van der Waals surface area contributed by atoms with Crippen molar-refractivity contribution in [3.05, 3.63) is 49.6 Å². The first-order valence-corrected chi connectivity index (χ1v) is 4.88. The zero-order valence-electron chi connectivity index (χ0n) is 11.8. The number of hydrogen-bond acceptors (Lipinski definition) is 4. The number of hydrogen-bond donors (Lipinski definition) is 4. The number of rotatable bonds is 4. The van der Waals surface area contributed by atoms with E-state index in [0.29, 0.717) is 0 Å². The Labute approximate surface area is 142 Å². The predicted octanol–water partition coefficient (Wildman–Crippen LogP) is 0.765. The molecule has 0 aliphatic rings. The minimum Gasteiger partial charge on any atom is -0.476 e. The molecule has 0 atom stereocenters. The zero-order chi connectivity index (χ0) is 20.6. The summed E-state index contributed by atoms with van der Waals surface area (Å²) in [7, 11) is 0. The summed E-state index contributed by atoms with van der Waals surface area (Å²) in [4.78, 5) is 36.9. The number of carboxylic acids is 4. The van der Waals surface area contributed by atoms with Gasteiger partial charge in [-0.2, -0.15) is 17.6 Å². The standard InChI is InChI=1S/4C3H3FO2.H4Si/c4*1-2(4)3(5)6;/h4*1H2,(H,5,6);1H4. The molecule has 4 N–H and O–H groups in total. The Balaban J connectivity index is -0.0000000702. The average Bonchev–Trinajstić information content (AvgIpc) is 2.40. The second kappa shape index (κ2) is 18.8. The van der Waals surface area contributed by atoms with Crippen LogP contribution in [0.15, 0.2) is 49.6 Å². The summed E-state index contributed by atoms with van der Waals surface area (Å²) >= 11 is 0. The Morgan fingerprint density at radius 1 is 0.480 bits per heavy atom. The molecule has 0 spiro atoms. The van der Waals surface area contributed by atoms with Gasteiger partial charge < -0.3 is 20.4 Å². The SMILES string of the molecule is C=C(F)C(=O)O.C=C(F)C(=O)O.C=C(F)C(=O)O.C=C(F)C(=O)O.[SiH4]. The summed E-state index contributed by atoms with van der Waals surface area (Å²) in [5.41, 5.74) is 0. The zero-order valence-corrected chi connectivity index (χ0v) is 11.8. The number of aliphatic carboxylic acids is 4. The second-order valence-electron chi connectivity index (χ2n) is 2.84. The Hall–Kier alpha value is -3.22. The molecule has 0 heterocycles. The van der Waals surface area contributed by atoms with Crippen LogP contribution in [-0.2, 0) is 19.2 Å². The van der Waals surface area contributed by atoms with Gasteiger partial charge in [0.2, 0.25) is 23.3 Å². The van der Waals surface area contributed by atoms with Crippen LogP contribution < -0.4 is 0 Å². The largest absolute Gasteiger partial charge is 0.476 e. The van der Waals surface area contributed by atoms with Gasteiger partial charge in [0.15, 0.2) is 0 Å². The van der Waals surface area contributed by atoms with Crippen LogP contribution in [0.5, 0.6) is 0 Å². The maximum Gasteiger partial charge on any atom is 0.364 e. The smallest absolute Gasteiger partial charge is 0.364 e. The Bertz CT molecular complexity index is 401. The lowest BCUT2D eigenvalue weighted by molar-refractivity contribution is -0.135. The summed E-state index contributed by atoms with van der Waals surface area (Å²) < 4.78 is 44.1. The third kappa shape index (κ3) is 44.9. The van der Waals surface area contributed by atoms with Crippen molar-refractivity contribution in [3.8, 4) is 0 Å². The van der Waals surface area contributed by atoms with E-state index in [2.05, 4.69) is 26.3 Å². The van der Waals surface area contributed by atoms with Crippen molar-refractivity contribution in [2.45, 2.75) is 0 Å². The monoisotopic (exact) mass is 392 g/mol. The van der Waals surface area contributed by atoms with E-state index in [9.17, 15) is 36.7 Å². The summed E-state index contributed by atoms with van der Waals surface area (Å²) in [6.07, 6.45) is 0. The Morgan fingerprint density at radius 2 is 0.520 bits per heavy atom. The van der Waals surface area contributed by atoms with Crippen molar-refractivity contribution < 1.29 is 57.2 Å². The first kappa shape index (κ1) is 33.4. The quantitative estimate of drug-likeness (QED) is 0.311. The molecule has 144 valence electrons. The van der Waals surface area contributed by atoms with Crippen LogP contribution in [0.4, 0.5) is 17.6 Å². The van der Waals surface area contributed by atoms with E-state index in [0.717, 1.165) is 0 Å². The predicted molar refractivity (Wildman–Crippen MR) is 82.9 cm³/mol. The van der Waals surface area contributed by atoms with Crippen molar-refractivity contribution in [2.75, 3.05) is 0 Å². The molecule has 0 aromatic heterocycles. The van der Waals surface area contributed by atoms with Gasteiger partial charge in [0.25, 0.3) is 0 Å². The molecular weight excluding hydrogens is 376 g/mol. The van der Waals surface area contributed by atoms with Crippen molar-refractivity contribution in [2.24, 2.45) is 0 Å². The lowest BCUT2D eigenvalue weighted by Crippen LogP contribution is -1.90. The molecule has 0 fully saturated rings. The Kier molecular flexibility index (Phi) is 25.1. The first-order chi connectivity index (χ1) is 10.6. The number of halogens is 4.